The summed E-state index contributed by atoms with van der Waals surface area (Å²) in [5.74, 6) is 0.0874. The van der Waals surface area contributed by atoms with Gasteiger partial charge in [0.25, 0.3) is 0 Å². The number of methoxy groups -OCH3 is 1. The van der Waals surface area contributed by atoms with Gasteiger partial charge in [-0.05, 0) is 19.3 Å². The van der Waals surface area contributed by atoms with Gasteiger partial charge in [0, 0.05) is 49.2 Å². The van der Waals surface area contributed by atoms with Gasteiger partial charge in [-0.15, -0.1) is 0 Å². The molecule has 184 valence electrons. The molecule has 0 radical (unpaired) electrons. The van der Waals surface area contributed by atoms with Crippen LogP contribution in [0.25, 0.3) is 11.1 Å². The number of aliphatic hydroxyl groups is 1. The lowest BCUT2D eigenvalue weighted by molar-refractivity contribution is -0.178. The van der Waals surface area contributed by atoms with E-state index in [-0.39, 0.29) is 24.6 Å². The number of rotatable bonds is 11. The van der Waals surface area contributed by atoms with Crippen molar-refractivity contribution in [3.8, 4) is 11.1 Å². The van der Waals surface area contributed by atoms with Crippen LogP contribution in [0.15, 0.2) is 35.7 Å². The van der Waals surface area contributed by atoms with Gasteiger partial charge in [-0.1, -0.05) is 23.4 Å². The fraction of sp³-hybridized carbons (Fsp3) is 0.542. The highest BCUT2D eigenvalue weighted by Crippen LogP contribution is 2.25. The van der Waals surface area contributed by atoms with Crippen molar-refractivity contribution in [2.24, 2.45) is 5.16 Å². The quantitative estimate of drug-likeness (QED) is 0.392. The minimum absolute atomic E-state index is 0.0709. The van der Waals surface area contributed by atoms with Gasteiger partial charge in [0.05, 0.1) is 38.1 Å². The van der Waals surface area contributed by atoms with Crippen molar-refractivity contribution in [3.63, 3.8) is 0 Å². The molecule has 0 saturated carbocycles. The Morgan fingerprint density at radius 2 is 2.09 bits per heavy atom. The molecule has 2 aliphatic rings. The van der Waals surface area contributed by atoms with E-state index < -0.39 is 5.82 Å². The van der Waals surface area contributed by atoms with Crippen LogP contribution in [0.2, 0.25) is 0 Å². The number of oxime groups is 1. The predicted octanol–water partition coefficient (Wildman–Crippen LogP) is 2.92. The molecular formula is C24H31FN4O5. The number of benzene rings is 1. The third-order valence-electron chi connectivity index (χ3n) is 5.89. The Kier molecular flexibility index (Phi) is 8.75. The summed E-state index contributed by atoms with van der Waals surface area (Å²) in [5.41, 5.74) is 2.06. The van der Waals surface area contributed by atoms with E-state index in [9.17, 15) is 9.50 Å². The fourth-order valence-electron chi connectivity index (χ4n) is 3.79. The molecule has 1 N–H and O–H groups in total. The second-order valence-corrected chi connectivity index (χ2v) is 8.33. The minimum atomic E-state index is -0.457. The van der Waals surface area contributed by atoms with Crippen LogP contribution < -0.4 is 4.90 Å². The molecule has 1 aromatic heterocycles. The normalized spacial score (nSPS) is 19.0. The third-order valence-corrected chi connectivity index (χ3v) is 5.89. The van der Waals surface area contributed by atoms with E-state index in [1.54, 1.807) is 37.7 Å². The number of nitrogens with zero attached hydrogens (tertiary/aromatic N) is 4. The Labute approximate surface area is 198 Å². The van der Waals surface area contributed by atoms with Crippen molar-refractivity contribution in [2.45, 2.75) is 44.7 Å². The van der Waals surface area contributed by atoms with Crippen molar-refractivity contribution in [1.82, 2.24) is 9.97 Å². The first-order chi connectivity index (χ1) is 16.7. The molecule has 2 aromatic rings. The lowest BCUT2D eigenvalue weighted by Gasteiger charge is -2.31. The zero-order valence-corrected chi connectivity index (χ0v) is 19.4. The number of aliphatic hydroxyl groups excluding tert-OH is 1. The Morgan fingerprint density at radius 3 is 2.79 bits per heavy atom. The van der Waals surface area contributed by atoms with Crippen LogP contribution in [0.1, 0.15) is 31.2 Å². The van der Waals surface area contributed by atoms with Crippen molar-refractivity contribution in [3.05, 3.63) is 42.0 Å². The molecule has 2 saturated heterocycles. The van der Waals surface area contributed by atoms with Crippen LogP contribution in [0.5, 0.6) is 0 Å². The van der Waals surface area contributed by atoms with Crippen LogP contribution in [-0.2, 0) is 25.7 Å². The Bertz CT molecular complexity index is 945. The number of hydrogen-bond acceptors (Lipinski definition) is 9. The molecule has 2 atom stereocenters. The van der Waals surface area contributed by atoms with Gasteiger partial charge in [-0.2, -0.15) is 0 Å². The summed E-state index contributed by atoms with van der Waals surface area (Å²) in [7, 11) is 1.66. The Balaban J connectivity index is 1.18. The zero-order valence-electron chi connectivity index (χ0n) is 19.4. The van der Waals surface area contributed by atoms with Gasteiger partial charge < -0.3 is 29.1 Å². The highest BCUT2D eigenvalue weighted by Gasteiger charge is 2.25. The summed E-state index contributed by atoms with van der Waals surface area (Å²) in [6, 6.07) is 4.89. The van der Waals surface area contributed by atoms with E-state index >= 15 is 0 Å². The summed E-state index contributed by atoms with van der Waals surface area (Å²) < 4.78 is 31.2. The molecule has 9 nitrogen and oxygen atoms in total. The van der Waals surface area contributed by atoms with E-state index in [1.165, 1.54) is 0 Å². The lowest BCUT2D eigenvalue weighted by Crippen LogP contribution is -2.48. The van der Waals surface area contributed by atoms with Crippen molar-refractivity contribution in [1.29, 1.82) is 0 Å². The maximum Gasteiger partial charge on any atom is 0.225 e. The smallest absolute Gasteiger partial charge is 0.225 e. The maximum atomic E-state index is 14.4. The first kappa shape index (κ1) is 24.5. The molecule has 0 bridgehead atoms. The molecule has 34 heavy (non-hydrogen) atoms. The monoisotopic (exact) mass is 474 g/mol. The van der Waals surface area contributed by atoms with Gasteiger partial charge in [-0.3, -0.25) is 0 Å². The summed E-state index contributed by atoms with van der Waals surface area (Å²) in [6.45, 7) is 2.45. The lowest BCUT2D eigenvalue weighted by atomic mass is 10.1. The third kappa shape index (κ3) is 6.26. The summed E-state index contributed by atoms with van der Waals surface area (Å²) in [6.07, 6.45) is 6.79. The number of halogens is 1. The molecule has 2 fully saturated rings. The van der Waals surface area contributed by atoms with Crippen molar-refractivity contribution < 1.29 is 28.5 Å². The maximum absolute atomic E-state index is 14.4. The van der Waals surface area contributed by atoms with Gasteiger partial charge in [0.1, 0.15) is 12.4 Å². The number of anilines is 1. The number of ether oxygens (including phenoxy) is 3. The predicted molar refractivity (Wildman–Crippen MR) is 124 cm³/mol. The first-order valence-corrected chi connectivity index (χ1v) is 11.6. The van der Waals surface area contributed by atoms with Crippen LogP contribution >= 0.6 is 0 Å². The Morgan fingerprint density at radius 1 is 1.26 bits per heavy atom. The van der Waals surface area contributed by atoms with Crippen molar-refractivity contribution in [2.75, 3.05) is 44.9 Å². The minimum Gasteiger partial charge on any atom is -0.396 e. The highest BCUT2D eigenvalue weighted by molar-refractivity contribution is 5.98. The van der Waals surface area contributed by atoms with E-state index in [0.717, 1.165) is 31.6 Å². The fourth-order valence-corrected chi connectivity index (χ4v) is 3.79. The van der Waals surface area contributed by atoms with E-state index in [1.807, 2.05) is 4.90 Å². The number of hydrogen-bond donors (Lipinski definition) is 1. The summed E-state index contributed by atoms with van der Waals surface area (Å²) >= 11 is 0. The molecule has 2 aliphatic heterocycles. The topological polar surface area (TPSA) is 98.5 Å². The second-order valence-electron chi connectivity index (χ2n) is 8.33. The summed E-state index contributed by atoms with van der Waals surface area (Å²) in [5, 5.41) is 13.4. The van der Waals surface area contributed by atoms with Gasteiger partial charge in [0.2, 0.25) is 5.95 Å². The highest BCUT2D eigenvalue weighted by atomic mass is 19.1. The molecule has 0 spiro atoms. The van der Waals surface area contributed by atoms with Crippen LogP contribution in [0, 0.1) is 5.82 Å². The average molecular weight is 475 g/mol. The SMILES string of the molecule is COC(CCON=C1CN(c2ncc(-c3cccc(CO)c3F)cn2)C1)COC1CCCCO1. The molecule has 10 heteroatoms. The summed E-state index contributed by atoms with van der Waals surface area (Å²) in [4.78, 5) is 16.1. The van der Waals surface area contributed by atoms with Gasteiger partial charge in [0.15, 0.2) is 6.29 Å². The van der Waals surface area contributed by atoms with Crippen LogP contribution in [0.3, 0.4) is 0 Å². The van der Waals surface area contributed by atoms with Crippen molar-refractivity contribution >= 4 is 11.7 Å². The molecule has 1 aromatic carbocycles. The second kappa shape index (κ2) is 12.2. The molecule has 4 rings (SSSR count). The number of aromatic nitrogens is 2. The van der Waals surface area contributed by atoms with Crippen LogP contribution in [-0.4, -0.2) is 73.2 Å². The van der Waals surface area contributed by atoms with Crippen LogP contribution in [0.4, 0.5) is 10.3 Å². The molecule has 2 unspecified atom stereocenters. The van der Waals surface area contributed by atoms with Gasteiger partial charge in [-0.25, -0.2) is 14.4 Å². The molecule has 0 amide bonds. The molecular weight excluding hydrogens is 443 g/mol. The van der Waals surface area contributed by atoms with E-state index in [4.69, 9.17) is 19.0 Å². The molecule has 0 aliphatic carbocycles. The average Bonchev–Trinajstić information content (AvgIpc) is 2.85. The molecule has 3 heterocycles. The van der Waals surface area contributed by atoms with E-state index in [0.29, 0.717) is 49.8 Å². The standard InChI is InChI=1S/C24H31FN4O5/c1-31-20(16-33-22-7-2-3-9-32-22)8-10-34-28-19-13-29(14-19)24-26-11-18(12-27-24)21-6-4-5-17(15-30)23(21)25/h4-6,11-12,20,22,30H,2-3,7-10,13-16H2,1H3. The van der Waals surface area contributed by atoms with E-state index in [2.05, 4.69) is 15.1 Å². The zero-order chi connectivity index (χ0) is 23.8. The first-order valence-electron chi connectivity index (χ1n) is 11.6. The Hall–Kier alpha value is -2.66. The largest absolute Gasteiger partial charge is 0.396 e. The van der Waals surface area contributed by atoms with Gasteiger partial charge >= 0.3 is 0 Å².